The number of aromatic nitrogens is 2. The average molecular weight is 600 g/mol. The molecule has 9 nitrogen and oxygen atoms in total. The first-order valence-corrected chi connectivity index (χ1v) is 14.9. The molecule has 0 saturated carbocycles. The Morgan fingerprint density at radius 2 is 1.70 bits per heavy atom. The molecule has 1 amide bonds. The van der Waals surface area contributed by atoms with E-state index in [9.17, 15) is 9.18 Å². The van der Waals surface area contributed by atoms with Crippen molar-refractivity contribution in [3.05, 3.63) is 89.4 Å². The topological polar surface area (TPSA) is 97.8 Å². The van der Waals surface area contributed by atoms with Crippen molar-refractivity contribution in [2.75, 3.05) is 44.0 Å². The smallest absolute Gasteiger partial charge is 0.262 e. The number of likely N-dealkylation sites (tertiary alicyclic amines) is 1. The third kappa shape index (κ3) is 7.82. The lowest BCUT2D eigenvalue weighted by Gasteiger charge is -2.26. The highest BCUT2D eigenvalue weighted by atomic mass is 19.1. The lowest BCUT2D eigenvalue weighted by atomic mass is 10.1. The summed E-state index contributed by atoms with van der Waals surface area (Å²) in [5.41, 5.74) is 3.07. The standard InChI is InChI=1S/C34H38FN5O4/c1-23-11-9-12-24(2)31(23)38-32(41)26-22-36-34(39-33(26)44-30-14-6-5-13-29(30)42-3)37-25-15-16-28(27(35)21-25)43-20-10-19-40-17-7-4-8-18-40/h5-6,9,11-16,21-22H,4,7-8,10,17-20H2,1-3H3,(H,38,41)(H,36,37,39). The molecule has 0 atom stereocenters. The number of nitrogens with one attached hydrogen (secondary N) is 2. The number of piperidine rings is 1. The van der Waals surface area contributed by atoms with Crippen molar-refractivity contribution in [1.82, 2.24) is 14.9 Å². The Kier molecular flexibility index (Phi) is 10.2. The molecule has 1 aromatic heterocycles. The van der Waals surface area contributed by atoms with Gasteiger partial charge in [-0.25, -0.2) is 9.37 Å². The van der Waals surface area contributed by atoms with Crippen LogP contribution in [0.4, 0.5) is 21.7 Å². The van der Waals surface area contributed by atoms with Crippen molar-refractivity contribution in [3.8, 4) is 23.1 Å². The van der Waals surface area contributed by atoms with E-state index >= 15 is 0 Å². The summed E-state index contributed by atoms with van der Waals surface area (Å²) in [6, 6.07) is 17.4. The molecule has 230 valence electrons. The summed E-state index contributed by atoms with van der Waals surface area (Å²) in [5.74, 6) is 0.213. The molecule has 10 heteroatoms. The SMILES string of the molecule is COc1ccccc1Oc1nc(Nc2ccc(OCCCN3CCCCC3)c(F)c2)ncc1C(=O)Nc1c(C)cccc1C. The molecule has 1 fully saturated rings. The van der Waals surface area contributed by atoms with Crippen LogP contribution in [-0.4, -0.2) is 54.1 Å². The molecule has 1 aliphatic rings. The van der Waals surface area contributed by atoms with Crippen molar-refractivity contribution in [3.63, 3.8) is 0 Å². The normalized spacial score (nSPS) is 13.3. The lowest BCUT2D eigenvalue weighted by molar-refractivity contribution is 0.102. The van der Waals surface area contributed by atoms with Crippen molar-refractivity contribution >= 4 is 23.2 Å². The highest BCUT2D eigenvalue weighted by Gasteiger charge is 2.20. The number of anilines is 3. The van der Waals surface area contributed by atoms with E-state index in [0.29, 0.717) is 29.5 Å². The molecule has 44 heavy (non-hydrogen) atoms. The Labute approximate surface area is 257 Å². The number of carbonyl (C=O) groups excluding carboxylic acids is 1. The van der Waals surface area contributed by atoms with E-state index in [1.807, 2.05) is 38.1 Å². The molecular weight excluding hydrogens is 561 g/mol. The number of rotatable bonds is 12. The zero-order chi connectivity index (χ0) is 30.9. The van der Waals surface area contributed by atoms with Crippen LogP contribution >= 0.6 is 0 Å². The second-order valence-electron chi connectivity index (χ2n) is 10.8. The minimum absolute atomic E-state index is 0.00451. The average Bonchev–Trinajstić information content (AvgIpc) is 3.03. The number of methoxy groups -OCH3 is 1. The second-order valence-corrected chi connectivity index (χ2v) is 10.8. The van der Waals surface area contributed by atoms with Crippen LogP contribution in [0.1, 0.15) is 47.2 Å². The summed E-state index contributed by atoms with van der Waals surface area (Å²) >= 11 is 0. The van der Waals surface area contributed by atoms with E-state index in [2.05, 4.69) is 25.5 Å². The highest BCUT2D eigenvalue weighted by Crippen LogP contribution is 2.33. The second kappa shape index (κ2) is 14.7. The molecule has 0 spiro atoms. The highest BCUT2D eigenvalue weighted by molar-refractivity contribution is 6.06. The number of nitrogens with zero attached hydrogens (tertiary/aromatic N) is 3. The molecule has 0 radical (unpaired) electrons. The van der Waals surface area contributed by atoms with Crippen LogP contribution in [0.2, 0.25) is 0 Å². The first-order chi connectivity index (χ1) is 21.4. The number of carbonyl (C=O) groups is 1. The van der Waals surface area contributed by atoms with Gasteiger partial charge in [-0.2, -0.15) is 4.98 Å². The maximum Gasteiger partial charge on any atom is 0.262 e. The summed E-state index contributed by atoms with van der Waals surface area (Å²) in [5, 5.41) is 5.96. The molecule has 2 heterocycles. The summed E-state index contributed by atoms with van der Waals surface area (Å²) in [6.07, 6.45) is 5.99. The van der Waals surface area contributed by atoms with Crippen molar-refractivity contribution in [2.45, 2.75) is 39.5 Å². The van der Waals surface area contributed by atoms with E-state index in [4.69, 9.17) is 14.2 Å². The van der Waals surface area contributed by atoms with Crippen LogP contribution < -0.4 is 24.8 Å². The number of para-hydroxylation sites is 3. The maximum absolute atomic E-state index is 14.9. The summed E-state index contributed by atoms with van der Waals surface area (Å²) in [4.78, 5) is 24.7. The number of hydrogen-bond donors (Lipinski definition) is 2. The number of hydrogen-bond acceptors (Lipinski definition) is 8. The lowest BCUT2D eigenvalue weighted by Crippen LogP contribution is -2.31. The Hall–Kier alpha value is -4.70. The molecule has 5 rings (SSSR count). The van der Waals surface area contributed by atoms with Crippen LogP contribution in [0.15, 0.2) is 66.9 Å². The van der Waals surface area contributed by atoms with Gasteiger partial charge in [-0.05, 0) is 81.6 Å². The first kappa shape index (κ1) is 30.7. The van der Waals surface area contributed by atoms with Gasteiger partial charge >= 0.3 is 0 Å². The molecular formula is C34H38FN5O4. The zero-order valence-corrected chi connectivity index (χ0v) is 25.4. The Morgan fingerprint density at radius 1 is 0.955 bits per heavy atom. The van der Waals surface area contributed by atoms with Crippen molar-refractivity contribution in [1.29, 1.82) is 0 Å². The molecule has 0 aliphatic carbocycles. The fraction of sp³-hybridized carbons (Fsp3) is 0.324. The fourth-order valence-corrected chi connectivity index (χ4v) is 5.14. The predicted octanol–water partition coefficient (Wildman–Crippen LogP) is 7.28. The van der Waals surface area contributed by atoms with Crippen LogP contribution in [0.5, 0.6) is 23.1 Å². The minimum Gasteiger partial charge on any atom is -0.493 e. The molecule has 3 aromatic carbocycles. The van der Waals surface area contributed by atoms with Crippen LogP contribution in [0.25, 0.3) is 0 Å². The van der Waals surface area contributed by atoms with E-state index in [0.717, 1.165) is 37.2 Å². The number of halogens is 1. The van der Waals surface area contributed by atoms with Crippen LogP contribution in [0, 0.1) is 19.7 Å². The fourth-order valence-electron chi connectivity index (χ4n) is 5.14. The third-order valence-electron chi connectivity index (χ3n) is 7.51. The number of amides is 1. The Balaban J connectivity index is 1.32. The van der Waals surface area contributed by atoms with E-state index in [-0.39, 0.29) is 23.1 Å². The third-order valence-corrected chi connectivity index (χ3v) is 7.51. The number of benzene rings is 3. The van der Waals surface area contributed by atoms with Crippen LogP contribution in [0.3, 0.4) is 0 Å². The van der Waals surface area contributed by atoms with Gasteiger partial charge in [0, 0.05) is 30.2 Å². The van der Waals surface area contributed by atoms with Crippen LogP contribution in [-0.2, 0) is 0 Å². The van der Waals surface area contributed by atoms with E-state index in [1.54, 1.807) is 30.3 Å². The van der Waals surface area contributed by atoms with Gasteiger partial charge in [0.05, 0.1) is 13.7 Å². The van der Waals surface area contributed by atoms with E-state index in [1.165, 1.54) is 38.6 Å². The quantitative estimate of drug-likeness (QED) is 0.164. The molecule has 1 saturated heterocycles. The largest absolute Gasteiger partial charge is 0.493 e. The van der Waals surface area contributed by atoms with Gasteiger partial charge in [-0.15, -0.1) is 0 Å². The number of aryl methyl sites for hydroxylation is 2. The summed E-state index contributed by atoms with van der Waals surface area (Å²) in [7, 11) is 1.53. The molecule has 2 N–H and O–H groups in total. The van der Waals surface area contributed by atoms with Gasteiger partial charge in [0.15, 0.2) is 23.1 Å². The summed E-state index contributed by atoms with van der Waals surface area (Å²) < 4.78 is 32.1. The molecule has 0 unspecified atom stereocenters. The monoisotopic (exact) mass is 599 g/mol. The van der Waals surface area contributed by atoms with Crippen molar-refractivity contribution in [2.24, 2.45) is 0 Å². The van der Waals surface area contributed by atoms with E-state index < -0.39 is 11.7 Å². The Bertz CT molecular complexity index is 1570. The van der Waals surface area contributed by atoms with Gasteiger partial charge in [-0.1, -0.05) is 36.8 Å². The van der Waals surface area contributed by atoms with Gasteiger partial charge in [0.25, 0.3) is 5.91 Å². The Morgan fingerprint density at radius 3 is 2.43 bits per heavy atom. The first-order valence-electron chi connectivity index (χ1n) is 14.9. The summed E-state index contributed by atoms with van der Waals surface area (Å²) in [6.45, 7) is 7.49. The van der Waals surface area contributed by atoms with Gasteiger partial charge in [0.1, 0.15) is 5.56 Å². The minimum atomic E-state index is -0.497. The predicted molar refractivity (Wildman–Crippen MR) is 169 cm³/mol. The molecule has 4 aromatic rings. The number of ether oxygens (including phenoxy) is 3. The van der Waals surface area contributed by atoms with Gasteiger partial charge in [0.2, 0.25) is 11.8 Å². The van der Waals surface area contributed by atoms with Gasteiger partial charge in [-0.3, -0.25) is 4.79 Å². The zero-order valence-electron chi connectivity index (χ0n) is 25.4. The molecule has 1 aliphatic heterocycles. The van der Waals surface area contributed by atoms with Crippen molar-refractivity contribution < 1.29 is 23.4 Å². The maximum atomic E-state index is 14.9. The molecule has 0 bridgehead atoms. The van der Waals surface area contributed by atoms with Gasteiger partial charge < -0.3 is 29.7 Å².